The topological polar surface area (TPSA) is 48.5 Å². The zero-order valence-electron chi connectivity index (χ0n) is 16.1. The van der Waals surface area contributed by atoms with Gasteiger partial charge < -0.3 is 4.74 Å². The molecule has 3 aromatic rings. The number of methoxy groups -OCH3 is 1. The maximum atomic E-state index is 13.2. The second kappa shape index (κ2) is 6.47. The standard InChI is InChI=1S/C20H24ClN3O2/c1-7-20(3,4)15-10-12(2)24-17(15)19(25)23(5)18(22-24)14-9-8-13(26-6)11-16(14)21/h8-11H,7H2,1-6H3. The van der Waals surface area contributed by atoms with E-state index in [9.17, 15) is 4.79 Å². The molecule has 0 saturated heterocycles. The van der Waals surface area contributed by atoms with Crippen molar-refractivity contribution < 1.29 is 4.74 Å². The fourth-order valence-corrected chi connectivity index (χ4v) is 3.38. The Balaban J connectivity index is 2.34. The molecule has 0 spiro atoms. The molecular weight excluding hydrogens is 350 g/mol. The van der Waals surface area contributed by atoms with E-state index in [1.54, 1.807) is 29.3 Å². The zero-order chi connectivity index (χ0) is 19.2. The Bertz CT molecular complexity index is 1050. The monoisotopic (exact) mass is 373 g/mol. The third-order valence-electron chi connectivity index (χ3n) is 5.20. The molecule has 0 aliphatic carbocycles. The molecule has 0 aliphatic heterocycles. The van der Waals surface area contributed by atoms with Gasteiger partial charge in [-0.15, -0.1) is 5.10 Å². The number of hydrogen-bond donors (Lipinski definition) is 0. The highest BCUT2D eigenvalue weighted by Crippen LogP contribution is 2.33. The molecule has 26 heavy (non-hydrogen) atoms. The normalized spacial score (nSPS) is 12.0. The van der Waals surface area contributed by atoms with Crippen LogP contribution in [0.5, 0.6) is 5.75 Å². The number of halogens is 1. The van der Waals surface area contributed by atoms with Crippen LogP contribution >= 0.6 is 11.6 Å². The molecule has 0 saturated carbocycles. The van der Waals surface area contributed by atoms with Gasteiger partial charge in [0.2, 0.25) is 0 Å². The lowest BCUT2D eigenvalue weighted by molar-refractivity contribution is 0.415. The van der Waals surface area contributed by atoms with Gasteiger partial charge in [0.05, 0.1) is 12.1 Å². The molecule has 0 fully saturated rings. The van der Waals surface area contributed by atoms with Crippen molar-refractivity contribution in [3.8, 4) is 17.1 Å². The summed E-state index contributed by atoms with van der Waals surface area (Å²) in [5, 5.41) is 5.24. The Morgan fingerprint density at radius 2 is 1.96 bits per heavy atom. The summed E-state index contributed by atoms with van der Waals surface area (Å²) < 4.78 is 8.51. The molecule has 1 aromatic carbocycles. The molecule has 0 aliphatic rings. The van der Waals surface area contributed by atoms with E-state index in [0.29, 0.717) is 27.7 Å². The largest absolute Gasteiger partial charge is 0.497 e. The lowest BCUT2D eigenvalue weighted by atomic mass is 9.83. The smallest absolute Gasteiger partial charge is 0.278 e. The van der Waals surface area contributed by atoms with Crippen LogP contribution in [0.2, 0.25) is 5.02 Å². The molecule has 0 bridgehead atoms. The number of hydrogen-bond acceptors (Lipinski definition) is 3. The maximum absolute atomic E-state index is 13.2. The fourth-order valence-electron chi connectivity index (χ4n) is 3.13. The number of nitrogens with zero attached hydrogens (tertiary/aromatic N) is 3. The Kier molecular flexibility index (Phi) is 4.61. The summed E-state index contributed by atoms with van der Waals surface area (Å²) >= 11 is 6.41. The number of fused-ring (bicyclic) bond motifs is 1. The number of ether oxygens (including phenoxy) is 1. The van der Waals surface area contributed by atoms with E-state index in [1.807, 2.05) is 19.1 Å². The van der Waals surface area contributed by atoms with Gasteiger partial charge in [-0.25, -0.2) is 4.52 Å². The van der Waals surface area contributed by atoms with Crippen molar-refractivity contribution in [2.24, 2.45) is 7.05 Å². The van der Waals surface area contributed by atoms with Crippen LogP contribution in [0.15, 0.2) is 29.1 Å². The first-order valence-corrected chi connectivity index (χ1v) is 9.02. The molecule has 2 heterocycles. The molecule has 5 nitrogen and oxygen atoms in total. The van der Waals surface area contributed by atoms with Gasteiger partial charge in [-0.3, -0.25) is 9.36 Å². The fraction of sp³-hybridized carbons (Fsp3) is 0.400. The Morgan fingerprint density at radius 3 is 2.54 bits per heavy atom. The van der Waals surface area contributed by atoms with Gasteiger partial charge in [0.15, 0.2) is 5.82 Å². The first-order chi connectivity index (χ1) is 12.2. The van der Waals surface area contributed by atoms with Crippen molar-refractivity contribution >= 4 is 17.1 Å². The summed E-state index contributed by atoms with van der Waals surface area (Å²) in [6, 6.07) is 7.42. The molecule has 0 amide bonds. The molecule has 6 heteroatoms. The predicted molar refractivity (Wildman–Crippen MR) is 105 cm³/mol. The molecule has 0 radical (unpaired) electrons. The van der Waals surface area contributed by atoms with Crippen LogP contribution in [0.3, 0.4) is 0 Å². The number of rotatable bonds is 4. The minimum absolute atomic E-state index is 0.0773. The van der Waals surface area contributed by atoms with Gasteiger partial charge >= 0.3 is 0 Å². The summed E-state index contributed by atoms with van der Waals surface area (Å²) in [6.07, 6.45) is 0.932. The van der Waals surface area contributed by atoms with Gasteiger partial charge in [-0.05, 0) is 48.6 Å². The summed E-state index contributed by atoms with van der Waals surface area (Å²) in [5.41, 5.74) is 3.10. The van der Waals surface area contributed by atoms with E-state index in [0.717, 1.165) is 17.7 Å². The summed E-state index contributed by atoms with van der Waals surface area (Å²) in [6.45, 7) is 8.39. The van der Waals surface area contributed by atoms with Crippen molar-refractivity contribution in [2.75, 3.05) is 7.11 Å². The first-order valence-electron chi connectivity index (χ1n) is 8.65. The minimum atomic E-state index is -0.105. The van der Waals surface area contributed by atoms with Crippen LogP contribution in [0.25, 0.3) is 16.9 Å². The van der Waals surface area contributed by atoms with Gasteiger partial charge in [0.1, 0.15) is 11.3 Å². The van der Waals surface area contributed by atoms with E-state index in [-0.39, 0.29) is 11.0 Å². The van der Waals surface area contributed by atoms with Crippen LogP contribution in [-0.2, 0) is 12.5 Å². The van der Waals surface area contributed by atoms with Crippen molar-refractivity contribution in [3.63, 3.8) is 0 Å². The van der Waals surface area contributed by atoms with Gasteiger partial charge in [0.25, 0.3) is 5.56 Å². The molecule has 2 aromatic heterocycles. The average Bonchev–Trinajstić information content (AvgIpc) is 2.96. The SMILES string of the molecule is CCC(C)(C)c1cc(C)n2nc(-c3ccc(OC)cc3Cl)n(C)c(=O)c12. The highest BCUT2D eigenvalue weighted by Gasteiger charge is 2.26. The van der Waals surface area contributed by atoms with E-state index in [1.165, 1.54) is 0 Å². The lowest BCUT2D eigenvalue weighted by Gasteiger charge is -2.22. The van der Waals surface area contributed by atoms with E-state index >= 15 is 0 Å². The third kappa shape index (κ3) is 2.80. The van der Waals surface area contributed by atoms with Crippen molar-refractivity contribution in [1.29, 1.82) is 0 Å². The highest BCUT2D eigenvalue weighted by molar-refractivity contribution is 6.33. The zero-order valence-corrected chi connectivity index (χ0v) is 16.8. The lowest BCUT2D eigenvalue weighted by Crippen LogP contribution is -2.26. The molecular formula is C20H24ClN3O2. The van der Waals surface area contributed by atoms with Gasteiger partial charge in [-0.2, -0.15) is 0 Å². The molecule has 138 valence electrons. The Labute approximate surface area is 158 Å². The first kappa shape index (κ1) is 18.5. The molecule has 3 rings (SSSR count). The summed E-state index contributed by atoms with van der Waals surface area (Å²) in [4.78, 5) is 13.2. The average molecular weight is 374 g/mol. The van der Waals surface area contributed by atoms with Crippen molar-refractivity contribution in [1.82, 2.24) is 14.2 Å². The van der Waals surface area contributed by atoms with Crippen LogP contribution in [0, 0.1) is 6.92 Å². The quantitative estimate of drug-likeness (QED) is 0.682. The highest BCUT2D eigenvalue weighted by atomic mass is 35.5. The molecule has 0 atom stereocenters. The van der Waals surface area contributed by atoms with Crippen LogP contribution in [0.1, 0.15) is 38.4 Å². The number of benzene rings is 1. The van der Waals surface area contributed by atoms with E-state index < -0.39 is 0 Å². The van der Waals surface area contributed by atoms with Crippen molar-refractivity contribution in [2.45, 2.75) is 39.5 Å². The third-order valence-corrected chi connectivity index (χ3v) is 5.52. The summed E-state index contributed by atoms with van der Waals surface area (Å²) in [7, 11) is 3.32. The molecule has 0 unspecified atom stereocenters. The summed E-state index contributed by atoms with van der Waals surface area (Å²) in [5.74, 6) is 1.18. The van der Waals surface area contributed by atoms with Crippen LogP contribution in [-0.4, -0.2) is 21.3 Å². The van der Waals surface area contributed by atoms with Crippen molar-refractivity contribution in [3.05, 3.63) is 50.9 Å². The van der Waals surface area contributed by atoms with Crippen LogP contribution < -0.4 is 10.3 Å². The maximum Gasteiger partial charge on any atom is 0.278 e. The second-order valence-corrected chi connectivity index (χ2v) is 7.64. The number of aromatic nitrogens is 3. The van der Waals surface area contributed by atoms with E-state index in [2.05, 4.69) is 26.8 Å². The second-order valence-electron chi connectivity index (χ2n) is 7.23. The minimum Gasteiger partial charge on any atom is -0.497 e. The van der Waals surface area contributed by atoms with E-state index in [4.69, 9.17) is 21.4 Å². The van der Waals surface area contributed by atoms with Crippen LogP contribution in [0.4, 0.5) is 0 Å². The Hall–Kier alpha value is -2.27. The van der Waals surface area contributed by atoms with Gasteiger partial charge in [0, 0.05) is 18.3 Å². The van der Waals surface area contributed by atoms with Gasteiger partial charge in [-0.1, -0.05) is 32.4 Å². The Morgan fingerprint density at radius 1 is 1.27 bits per heavy atom. The number of aryl methyl sites for hydroxylation is 1. The predicted octanol–water partition coefficient (Wildman–Crippen LogP) is 4.36. The molecule has 0 N–H and O–H groups in total.